The van der Waals surface area contributed by atoms with Gasteiger partial charge in [0.15, 0.2) is 0 Å². The van der Waals surface area contributed by atoms with Crippen molar-refractivity contribution in [2.75, 3.05) is 0 Å². The van der Waals surface area contributed by atoms with E-state index in [2.05, 4.69) is 27.7 Å². The van der Waals surface area contributed by atoms with Crippen molar-refractivity contribution in [2.24, 2.45) is 0 Å². The summed E-state index contributed by atoms with van der Waals surface area (Å²) in [7, 11) is 0. The van der Waals surface area contributed by atoms with Crippen molar-refractivity contribution in [1.82, 2.24) is 0 Å². The van der Waals surface area contributed by atoms with Gasteiger partial charge in [-0.25, -0.2) is 0 Å². The Hall–Kier alpha value is 1.13. The smallest absolute Gasteiger partial charge is 0.191 e. The van der Waals surface area contributed by atoms with Crippen molar-refractivity contribution in [3.8, 4) is 0 Å². The first kappa shape index (κ1) is 23.4. The van der Waals surface area contributed by atoms with Gasteiger partial charge in [0.25, 0.3) is 0 Å². The van der Waals surface area contributed by atoms with Crippen LogP contribution in [0.15, 0.2) is 0 Å². The van der Waals surface area contributed by atoms with Crippen LogP contribution in [0, 0.1) is 0 Å². The second kappa shape index (κ2) is 16.5. The first-order valence-corrected chi connectivity index (χ1v) is 12.7. The molecular formula is C18H40AlLi. The summed E-state index contributed by atoms with van der Waals surface area (Å²) in [6.45, 7) is 9.46. The van der Waals surface area contributed by atoms with E-state index in [9.17, 15) is 0 Å². The number of unbranched alkanes of at least 4 members (excludes halogenated alkanes) is 6. The minimum Gasteiger partial charge on any atom is -0.191 e. The van der Waals surface area contributed by atoms with E-state index in [1.807, 2.05) is 0 Å². The van der Waals surface area contributed by atoms with E-state index in [0.717, 1.165) is 0 Å². The largest absolute Gasteiger partial charge is 1.00 e. The molecule has 0 aromatic heterocycles. The molecule has 0 aliphatic carbocycles. The summed E-state index contributed by atoms with van der Waals surface area (Å²) in [6, 6.07) is 0. The molecule has 0 radical (unpaired) electrons. The topological polar surface area (TPSA) is 0 Å². The molecule has 0 nitrogen and oxygen atoms in total. The van der Waals surface area contributed by atoms with E-state index in [1.165, 1.54) is 57.8 Å². The Balaban J connectivity index is 0. The van der Waals surface area contributed by atoms with Crippen LogP contribution in [0.2, 0.25) is 21.1 Å². The molecule has 0 unspecified atom stereocenters. The monoisotopic (exact) mass is 290 g/mol. The molecule has 0 rings (SSSR count). The van der Waals surface area contributed by atoms with Crippen molar-refractivity contribution in [3.63, 3.8) is 0 Å². The van der Waals surface area contributed by atoms with Gasteiger partial charge >= 0.3 is 18.9 Å². The van der Waals surface area contributed by atoms with Crippen molar-refractivity contribution in [2.45, 2.75) is 113 Å². The minimum absolute atomic E-state index is 0. The molecule has 0 amide bonds. The Morgan fingerprint density at radius 3 is 1.15 bits per heavy atom. The summed E-state index contributed by atoms with van der Waals surface area (Å²) in [4.78, 5) is 0. The first-order valence-electron chi connectivity index (χ1n) is 9.46. The minimum atomic E-state index is -1.23. The van der Waals surface area contributed by atoms with Crippen LogP contribution in [0.4, 0.5) is 0 Å². The summed E-state index contributed by atoms with van der Waals surface area (Å²) in [5.41, 5.74) is 0. The third kappa shape index (κ3) is 11.8. The van der Waals surface area contributed by atoms with E-state index in [1.54, 1.807) is 27.6 Å². The van der Waals surface area contributed by atoms with Crippen LogP contribution < -0.4 is 18.9 Å². The second-order valence-electron chi connectivity index (χ2n) is 7.01. The molecule has 0 saturated carbocycles. The molecule has 0 bridgehead atoms. The third-order valence-electron chi connectivity index (χ3n) is 5.18. The van der Waals surface area contributed by atoms with E-state index < -0.39 is 13.1 Å². The van der Waals surface area contributed by atoms with Gasteiger partial charge in [-0.15, -0.1) is 0 Å². The molecule has 0 aromatic rings. The van der Waals surface area contributed by atoms with Gasteiger partial charge in [0.1, 0.15) is 13.1 Å². The van der Waals surface area contributed by atoms with Crippen LogP contribution in [-0.4, -0.2) is 13.1 Å². The predicted molar refractivity (Wildman–Crippen MR) is 93.8 cm³/mol. The van der Waals surface area contributed by atoms with Crippen LogP contribution in [0.1, 0.15) is 91.9 Å². The molecule has 0 aliphatic rings. The quantitative estimate of drug-likeness (QED) is 0.328. The SMILES string of the molecule is CCCCC[CH2][Al-]([CH2]CCC)([CH2]CCC)[CH2]CCC.[Li+]. The van der Waals surface area contributed by atoms with E-state index in [0.29, 0.717) is 0 Å². The van der Waals surface area contributed by atoms with E-state index in [4.69, 9.17) is 0 Å². The fraction of sp³-hybridized carbons (Fsp3) is 1.00. The van der Waals surface area contributed by atoms with Gasteiger partial charge in [-0.1, -0.05) is 91.9 Å². The summed E-state index contributed by atoms with van der Waals surface area (Å²) in [6.07, 6.45) is 14.7. The maximum Gasteiger partial charge on any atom is 1.00 e. The average Bonchev–Trinajstić information content (AvgIpc) is 2.44. The fourth-order valence-electron chi connectivity index (χ4n) is 3.78. The zero-order valence-electron chi connectivity index (χ0n) is 15.5. The van der Waals surface area contributed by atoms with Crippen molar-refractivity contribution in [1.29, 1.82) is 0 Å². The van der Waals surface area contributed by atoms with Crippen LogP contribution in [0.3, 0.4) is 0 Å². The summed E-state index contributed by atoms with van der Waals surface area (Å²) in [5.74, 6) is 0. The Morgan fingerprint density at radius 2 is 0.800 bits per heavy atom. The fourth-order valence-corrected chi connectivity index (χ4v) is 10.5. The molecule has 0 aliphatic heterocycles. The van der Waals surface area contributed by atoms with Gasteiger partial charge in [0.2, 0.25) is 0 Å². The molecule has 0 atom stereocenters. The molecule has 20 heavy (non-hydrogen) atoms. The standard InChI is InChI=1S/C6H13.3C4H9.Al.Li/c1-3-5-6-4-2;3*1-3-4-2;;/h1,3-6H2,2H3;3*1,3-4H2,2H3;;/q;;;;-1;+1. The Kier molecular flexibility index (Phi) is 19.3. The third-order valence-corrected chi connectivity index (χ3v) is 11.7. The molecule has 0 fully saturated rings. The zero-order chi connectivity index (χ0) is 14.4. The van der Waals surface area contributed by atoms with Gasteiger partial charge in [0.05, 0.1) is 0 Å². The maximum atomic E-state index is 2.38. The number of hydrogen-bond donors (Lipinski definition) is 0. The molecule has 0 heterocycles. The number of rotatable bonds is 14. The average molecular weight is 290 g/mol. The molecule has 0 spiro atoms. The number of hydrogen-bond acceptors (Lipinski definition) is 0. The van der Waals surface area contributed by atoms with E-state index in [-0.39, 0.29) is 18.9 Å². The molecular weight excluding hydrogens is 250 g/mol. The van der Waals surface area contributed by atoms with Gasteiger partial charge in [-0.05, 0) is 0 Å². The first-order chi connectivity index (χ1) is 9.24. The van der Waals surface area contributed by atoms with Gasteiger partial charge < -0.3 is 0 Å². The molecule has 116 valence electrons. The summed E-state index contributed by atoms with van der Waals surface area (Å²) >= 11 is -1.23. The van der Waals surface area contributed by atoms with Crippen molar-refractivity contribution >= 4 is 13.1 Å². The van der Waals surface area contributed by atoms with Crippen LogP contribution in [0.5, 0.6) is 0 Å². The predicted octanol–water partition coefficient (Wildman–Crippen LogP) is 4.42. The Bertz CT molecular complexity index is 160. The summed E-state index contributed by atoms with van der Waals surface area (Å²) in [5, 5.41) is 6.66. The maximum absolute atomic E-state index is 2.38. The van der Waals surface area contributed by atoms with Gasteiger partial charge in [0, 0.05) is 0 Å². The van der Waals surface area contributed by atoms with Gasteiger partial charge in [-0.3, -0.25) is 0 Å². The zero-order valence-corrected chi connectivity index (χ0v) is 16.6. The molecule has 0 N–H and O–H groups in total. The Labute approximate surface area is 144 Å². The van der Waals surface area contributed by atoms with Crippen LogP contribution in [0.25, 0.3) is 0 Å². The Morgan fingerprint density at radius 1 is 0.450 bits per heavy atom. The van der Waals surface area contributed by atoms with E-state index >= 15 is 0 Å². The second-order valence-corrected chi connectivity index (χ2v) is 12.8. The van der Waals surface area contributed by atoms with Gasteiger partial charge in [-0.2, -0.15) is 21.1 Å². The normalized spacial score (nSPS) is 11.4. The van der Waals surface area contributed by atoms with Crippen LogP contribution >= 0.6 is 0 Å². The molecule has 0 aromatic carbocycles. The molecule has 0 saturated heterocycles. The van der Waals surface area contributed by atoms with Crippen molar-refractivity contribution < 1.29 is 18.9 Å². The van der Waals surface area contributed by atoms with Crippen LogP contribution in [-0.2, 0) is 0 Å². The summed E-state index contributed by atoms with van der Waals surface area (Å²) < 4.78 is 0. The molecule has 2 heteroatoms. The van der Waals surface area contributed by atoms with Crippen molar-refractivity contribution in [3.05, 3.63) is 0 Å².